The van der Waals surface area contributed by atoms with Crippen molar-refractivity contribution in [1.82, 2.24) is 0 Å². The normalized spacial score (nSPS) is 10.6. The highest BCUT2D eigenvalue weighted by molar-refractivity contribution is 6.08. The van der Waals surface area contributed by atoms with Crippen LogP contribution < -0.4 is 0 Å². The SMILES string of the molecule is N#Cc1ccc(CO/C=C(\Cc2ccc(C#N)cc2)C(=O)c2ccccc2)cc1. The smallest absolute Gasteiger partial charge is 0.192 e. The van der Waals surface area contributed by atoms with Crippen molar-refractivity contribution in [3.05, 3.63) is 119 Å². The number of hydrogen-bond acceptors (Lipinski definition) is 4. The summed E-state index contributed by atoms with van der Waals surface area (Å²) in [4.78, 5) is 13.0. The third kappa shape index (κ3) is 5.42. The molecule has 140 valence electrons. The maximum Gasteiger partial charge on any atom is 0.192 e. The molecule has 3 aromatic carbocycles. The van der Waals surface area contributed by atoms with Crippen LogP contribution in [0.1, 0.15) is 32.6 Å². The van der Waals surface area contributed by atoms with E-state index in [0.717, 1.165) is 11.1 Å². The molecule has 0 atom stereocenters. The first kappa shape index (κ1) is 19.6. The molecule has 0 aliphatic rings. The van der Waals surface area contributed by atoms with Gasteiger partial charge in [-0.25, -0.2) is 0 Å². The van der Waals surface area contributed by atoms with E-state index in [2.05, 4.69) is 12.1 Å². The first-order valence-corrected chi connectivity index (χ1v) is 9.08. The molecular formula is C25H18N2O2. The van der Waals surface area contributed by atoms with Crippen molar-refractivity contribution < 1.29 is 9.53 Å². The number of ether oxygens (including phenoxy) is 1. The van der Waals surface area contributed by atoms with Gasteiger partial charge in [0.15, 0.2) is 5.78 Å². The predicted molar refractivity (Wildman–Crippen MR) is 110 cm³/mol. The van der Waals surface area contributed by atoms with Gasteiger partial charge in [-0.05, 0) is 35.4 Å². The van der Waals surface area contributed by atoms with Gasteiger partial charge in [0, 0.05) is 17.6 Å². The minimum Gasteiger partial charge on any atom is -0.496 e. The monoisotopic (exact) mass is 378 g/mol. The quantitative estimate of drug-likeness (QED) is 0.331. The van der Waals surface area contributed by atoms with Crippen molar-refractivity contribution in [3.63, 3.8) is 0 Å². The van der Waals surface area contributed by atoms with E-state index >= 15 is 0 Å². The summed E-state index contributed by atoms with van der Waals surface area (Å²) in [7, 11) is 0. The van der Waals surface area contributed by atoms with Crippen LogP contribution in [-0.2, 0) is 17.8 Å². The molecule has 0 saturated carbocycles. The van der Waals surface area contributed by atoms with Gasteiger partial charge in [0.1, 0.15) is 6.61 Å². The zero-order valence-corrected chi connectivity index (χ0v) is 15.7. The van der Waals surface area contributed by atoms with E-state index < -0.39 is 0 Å². The van der Waals surface area contributed by atoms with E-state index in [1.165, 1.54) is 6.26 Å². The molecule has 3 rings (SSSR count). The summed E-state index contributed by atoms with van der Waals surface area (Å²) in [5.74, 6) is -0.102. The predicted octanol–water partition coefficient (Wildman–Crippen LogP) is 4.96. The molecule has 0 N–H and O–H groups in total. The van der Waals surface area contributed by atoms with Crippen molar-refractivity contribution in [2.24, 2.45) is 0 Å². The fourth-order valence-corrected chi connectivity index (χ4v) is 2.78. The summed E-state index contributed by atoms with van der Waals surface area (Å²) in [5, 5.41) is 17.8. The number of rotatable bonds is 7. The summed E-state index contributed by atoms with van der Waals surface area (Å²) in [5.41, 5.74) is 4.10. The molecular weight excluding hydrogens is 360 g/mol. The Morgan fingerprint density at radius 3 is 1.90 bits per heavy atom. The van der Waals surface area contributed by atoms with E-state index in [1.54, 1.807) is 36.4 Å². The summed E-state index contributed by atoms with van der Waals surface area (Å²) in [6.07, 6.45) is 1.90. The van der Waals surface area contributed by atoms with Crippen molar-refractivity contribution in [2.75, 3.05) is 0 Å². The van der Waals surface area contributed by atoms with Gasteiger partial charge in [-0.15, -0.1) is 0 Å². The number of hydrogen-bond donors (Lipinski definition) is 0. The molecule has 29 heavy (non-hydrogen) atoms. The van der Waals surface area contributed by atoms with Crippen LogP contribution in [-0.4, -0.2) is 5.78 Å². The van der Waals surface area contributed by atoms with Crippen molar-refractivity contribution in [2.45, 2.75) is 13.0 Å². The summed E-state index contributed by atoms with van der Waals surface area (Å²) >= 11 is 0. The van der Waals surface area contributed by atoms with E-state index in [9.17, 15) is 4.79 Å². The molecule has 0 spiro atoms. The maximum atomic E-state index is 13.0. The molecule has 4 nitrogen and oxygen atoms in total. The lowest BCUT2D eigenvalue weighted by molar-refractivity contribution is 0.102. The molecule has 0 aromatic heterocycles. The average molecular weight is 378 g/mol. The zero-order chi connectivity index (χ0) is 20.5. The fourth-order valence-electron chi connectivity index (χ4n) is 2.78. The molecule has 0 fully saturated rings. The Kier molecular flexibility index (Phi) is 6.55. The lowest BCUT2D eigenvalue weighted by Gasteiger charge is -2.09. The minimum absolute atomic E-state index is 0.102. The van der Waals surface area contributed by atoms with Crippen LogP contribution >= 0.6 is 0 Å². The summed E-state index contributed by atoms with van der Waals surface area (Å²) in [6, 6.07) is 27.5. The lowest BCUT2D eigenvalue weighted by Crippen LogP contribution is -2.07. The van der Waals surface area contributed by atoms with E-state index in [1.807, 2.05) is 42.5 Å². The van der Waals surface area contributed by atoms with E-state index in [0.29, 0.717) is 35.3 Å². The summed E-state index contributed by atoms with van der Waals surface area (Å²) in [6.45, 7) is 0.296. The molecule has 0 aliphatic heterocycles. The second-order valence-electron chi connectivity index (χ2n) is 6.44. The standard InChI is InChI=1S/C25H18N2O2/c26-15-20-8-6-19(7-9-20)14-24(25(28)23-4-2-1-3-5-23)18-29-17-22-12-10-21(16-27)11-13-22/h1-13,18H,14,17H2/b24-18+. The second kappa shape index (κ2) is 9.69. The average Bonchev–Trinajstić information content (AvgIpc) is 2.79. The molecule has 0 aliphatic carbocycles. The molecule has 3 aromatic rings. The Morgan fingerprint density at radius 1 is 0.793 bits per heavy atom. The van der Waals surface area contributed by atoms with Gasteiger partial charge in [-0.1, -0.05) is 54.6 Å². The number of ketones is 1. The first-order chi connectivity index (χ1) is 14.2. The summed E-state index contributed by atoms with van der Waals surface area (Å²) < 4.78 is 5.70. The third-order valence-corrected chi connectivity index (χ3v) is 4.36. The maximum absolute atomic E-state index is 13.0. The number of nitrogens with zero attached hydrogens (tertiary/aromatic N) is 2. The van der Waals surface area contributed by atoms with E-state index in [-0.39, 0.29) is 5.78 Å². The highest BCUT2D eigenvalue weighted by Crippen LogP contribution is 2.16. The third-order valence-electron chi connectivity index (χ3n) is 4.36. The van der Waals surface area contributed by atoms with Gasteiger partial charge in [-0.3, -0.25) is 4.79 Å². The number of nitriles is 2. The Hall–Kier alpha value is -4.15. The highest BCUT2D eigenvalue weighted by atomic mass is 16.5. The van der Waals surface area contributed by atoms with Gasteiger partial charge in [0.2, 0.25) is 0 Å². The second-order valence-corrected chi connectivity index (χ2v) is 6.44. The number of benzene rings is 3. The molecule has 0 bridgehead atoms. The van der Waals surface area contributed by atoms with Crippen LogP contribution in [0, 0.1) is 22.7 Å². The molecule has 0 amide bonds. The van der Waals surface area contributed by atoms with Gasteiger partial charge >= 0.3 is 0 Å². The Bertz CT molecular complexity index is 1080. The van der Waals surface area contributed by atoms with Gasteiger partial charge in [0.05, 0.1) is 29.5 Å². The van der Waals surface area contributed by atoms with Crippen molar-refractivity contribution in [3.8, 4) is 12.1 Å². The molecule has 0 unspecified atom stereocenters. The van der Waals surface area contributed by atoms with Crippen molar-refractivity contribution >= 4 is 5.78 Å². The van der Waals surface area contributed by atoms with Gasteiger partial charge in [0.25, 0.3) is 0 Å². The molecule has 0 radical (unpaired) electrons. The minimum atomic E-state index is -0.102. The number of allylic oxidation sites excluding steroid dienone is 1. The zero-order valence-electron chi connectivity index (χ0n) is 15.7. The van der Waals surface area contributed by atoms with Gasteiger partial charge < -0.3 is 4.74 Å². The molecule has 0 heterocycles. The van der Waals surface area contributed by atoms with Crippen LogP contribution in [0.15, 0.2) is 90.7 Å². The van der Waals surface area contributed by atoms with Gasteiger partial charge in [-0.2, -0.15) is 10.5 Å². The van der Waals surface area contributed by atoms with Crippen LogP contribution in [0.3, 0.4) is 0 Å². The van der Waals surface area contributed by atoms with E-state index in [4.69, 9.17) is 15.3 Å². The van der Waals surface area contributed by atoms with Crippen molar-refractivity contribution in [1.29, 1.82) is 10.5 Å². The van der Waals surface area contributed by atoms with Crippen LogP contribution in [0.2, 0.25) is 0 Å². The lowest BCUT2D eigenvalue weighted by atomic mass is 9.97. The first-order valence-electron chi connectivity index (χ1n) is 9.08. The van der Waals surface area contributed by atoms with Crippen LogP contribution in [0.25, 0.3) is 0 Å². The Balaban J connectivity index is 1.78. The van der Waals surface area contributed by atoms with Crippen LogP contribution in [0.5, 0.6) is 0 Å². The largest absolute Gasteiger partial charge is 0.496 e. The number of carbonyl (C=O) groups excluding carboxylic acids is 1. The number of carbonyl (C=O) groups is 1. The topological polar surface area (TPSA) is 73.9 Å². The fraction of sp³-hybridized carbons (Fsp3) is 0.0800. The molecule has 0 saturated heterocycles. The van der Waals surface area contributed by atoms with Crippen LogP contribution in [0.4, 0.5) is 0 Å². The highest BCUT2D eigenvalue weighted by Gasteiger charge is 2.13. The Labute approximate surface area is 169 Å². The number of Topliss-reactive ketones (excluding diaryl/α,β-unsaturated/α-hetero) is 1. The molecule has 4 heteroatoms. The Morgan fingerprint density at radius 2 is 1.34 bits per heavy atom.